The molecular formula is C17H10Cl3NO3. The maximum atomic E-state index is 10.9. The lowest BCUT2D eigenvalue weighted by Gasteiger charge is -2.11. The van der Waals surface area contributed by atoms with E-state index in [1.54, 1.807) is 42.5 Å². The molecule has 1 N–H and O–H groups in total. The molecule has 4 nitrogen and oxygen atoms in total. The maximum absolute atomic E-state index is 10.9. The van der Waals surface area contributed by atoms with Gasteiger partial charge in [-0.3, -0.25) is 0 Å². The van der Waals surface area contributed by atoms with Crippen molar-refractivity contribution >= 4 is 46.8 Å². The average molecular weight is 383 g/mol. The Labute approximate surface area is 153 Å². The number of halogens is 3. The fourth-order valence-electron chi connectivity index (χ4n) is 1.86. The van der Waals surface area contributed by atoms with E-state index in [0.717, 1.165) is 0 Å². The maximum Gasteiger partial charge on any atom is 0.346 e. The number of benzene rings is 2. The number of hydrogen-bond donors (Lipinski definition) is 1. The van der Waals surface area contributed by atoms with Crippen LogP contribution in [0.25, 0.3) is 6.08 Å². The van der Waals surface area contributed by atoms with Crippen LogP contribution in [0.1, 0.15) is 11.1 Å². The highest BCUT2D eigenvalue weighted by Gasteiger charge is 2.11. The Hall–Kier alpha value is -2.19. The molecule has 0 saturated heterocycles. The second-order valence-electron chi connectivity index (χ2n) is 4.66. The summed E-state index contributed by atoms with van der Waals surface area (Å²) in [4.78, 5) is 10.9. The third kappa shape index (κ3) is 4.42. The van der Waals surface area contributed by atoms with E-state index >= 15 is 0 Å². The topological polar surface area (TPSA) is 70.3 Å². The van der Waals surface area contributed by atoms with E-state index in [9.17, 15) is 4.79 Å². The van der Waals surface area contributed by atoms with Crippen molar-refractivity contribution in [2.45, 2.75) is 6.61 Å². The minimum atomic E-state index is -1.29. The van der Waals surface area contributed by atoms with Crippen LogP contribution in [-0.4, -0.2) is 11.1 Å². The van der Waals surface area contributed by atoms with Crippen molar-refractivity contribution in [2.75, 3.05) is 0 Å². The second-order valence-corrected chi connectivity index (χ2v) is 5.85. The lowest BCUT2D eigenvalue weighted by molar-refractivity contribution is -0.132. The van der Waals surface area contributed by atoms with E-state index in [1.807, 2.05) is 0 Å². The Morgan fingerprint density at radius 1 is 1.21 bits per heavy atom. The van der Waals surface area contributed by atoms with E-state index in [0.29, 0.717) is 31.9 Å². The van der Waals surface area contributed by atoms with Crippen molar-refractivity contribution in [2.24, 2.45) is 0 Å². The zero-order valence-corrected chi connectivity index (χ0v) is 14.4. The highest BCUT2D eigenvalue weighted by molar-refractivity contribution is 6.44. The van der Waals surface area contributed by atoms with Crippen LogP contribution in [0.15, 0.2) is 42.0 Å². The van der Waals surface area contributed by atoms with E-state index in [4.69, 9.17) is 49.9 Å². The van der Waals surface area contributed by atoms with Gasteiger partial charge < -0.3 is 9.84 Å². The van der Waals surface area contributed by atoms with E-state index in [-0.39, 0.29) is 12.2 Å². The van der Waals surface area contributed by atoms with Gasteiger partial charge in [0.05, 0.1) is 10.0 Å². The van der Waals surface area contributed by atoms with Crippen molar-refractivity contribution in [3.8, 4) is 11.8 Å². The summed E-state index contributed by atoms with van der Waals surface area (Å²) in [5.74, 6) is -0.820. The fraction of sp³-hybridized carbons (Fsp3) is 0.0588. The first-order valence-electron chi connectivity index (χ1n) is 6.62. The molecule has 0 aliphatic heterocycles. The Morgan fingerprint density at radius 2 is 1.92 bits per heavy atom. The molecule has 24 heavy (non-hydrogen) atoms. The van der Waals surface area contributed by atoms with Gasteiger partial charge in [0, 0.05) is 10.6 Å². The highest BCUT2D eigenvalue weighted by Crippen LogP contribution is 2.32. The number of aliphatic carboxylic acids is 1. The molecule has 0 unspecified atom stereocenters. The smallest absolute Gasteiger partial charge is 0.346 e. The molecule has 2 aromatic rings. The summed E-state index contributed by atoms with van der Waals surface area (Å²) in [5, 5.41) is 18.8. The summed E-state index contributed by atoms with van der Waals surface area (Å²) >= 11 is 18.2. The summed E-state index contributed by atoms with van der Waals surface area (Å²) in [6, 6.07) is 11.5. The third-order valence-corrected chi connectivity index (χ3v) is 4.24. The van der Waals surface area contributed by atoms with Gasteiger partial charge in [-0.05, 0) is 35.9 Å². The Bertz CT molecular complexity index is 857. The second kappa shape index (κ2) is 8.07. The van der Waals surface area contributed by atoms with Gasteiger partial charge in [-0.25, -0.2) is 4.79 Å². The lowest BCUT2D eigenvalue weighted by atomic mass is 10.1. The number of carbonyl (C=O) groups is 1. The number of nitrogens with zero attached hydrogens (tertiary/aromatic N) is 1. The van der Waals surface area contributed by atoms with E-state index < -0.39 is 5.97 Å². The SMILES string of the molecule is N#CC(=Cc1cccc(OCc2c(Cl)ccc(Cl)c2Cl)c1)C(=O)O. The van der Waals surface area contributed by atoms with Gasteiger partial charge in [0.1, 0.15) is 24.0 Å². The molecule has 2 rings (SSSR count). The molecule has 122 valence electrons. The summed E-state index contributed by atoms with van der Waals surface area (Å²) < 4.78 is 5.64. The zero-order chi connectivity index (χ0) is 17.7. The normalized spacial score (nSPS) is 11.0. The quantitative estimate of drug-likeness (QED) is 0.437. The van der Waals surface area contributed by atoms with Gasteiger partial charge in [0.2, 0.25) is 0 Å². The predicted molar refractivity (Wildman–Crippen MR) is 93.5 cm³/mol. The van der Waals surface area contributed by atoms with E-state index in [2.05, 4.69) is 0 Å². The first-order valence-corrected chi connectivity index (χ1v) is 7.76. The third-order valence-electron chi connectivity index (χ3n) is 3.04. The van der Waals surface area contributed by atoms with Crippen LogP contribution >= 0.6 is 34.8 Å². The number of rotatable bonds is 5. The molecule has 0 atom stereocenters. The number of nitriles is 1. The van der Waals surface area contributed by atoms with Gasteiger partial charge in [0.15, 0.2) is 0 Å². The van der Waals surface area contributed by atoms with E-state index in [1.165, 1.54) is 6.08 Å². The average Bonchev–Trinajstić information content (AvgIpc) is 2.56. The molecule has 0 saturated carbocycles. The van der Waals surface area contributed by atoms with Crippen LogP contribution in [0.3, 0.4) is 0 Å². The molecule has 0 aliphatic carbocycles. The van der Waals surface area contributed by atoms with Crippen LogP contribution in [-0.2, 0) is 11.4 Å². The van der Waals surface area contributed by atoms with Crippen LogP contribution in [0.2, 0.25) is 15.1 Å². The monoisotopic (exact) mass is 381 g/mol. The highest BCUT2D eigenvalue weighted by atomic mass is 35.5. The molecule has 0 spiro atoms. The summed E-state index contributed by atoms with van der Waals surface area (Å²) in [6.45, 7) is 0.0927. The van der Waals surface area contributed by atoms with Gasteiger partial charge in [-0.15, -0.1) is 0 Å². The molecule has 0 aromatic heterocycles. The minimum absolute atomic E-state index is 0.0927. The summed E-state index contributed by atoms with van der Waals surface area (Å²) in [7, 11) is 0. The largest absolute Gasteiger partial charge is 0.489 e. The van der Waals surface area contributed by atoms with Gasteiger partial charge in [-0.1, -0.05) is 46.9 Å². The molecule has 0 aliphatic rings. The van der Waals surface area contributed by atoms with Crippen molar-refractivity contribution < 1.29 is 14.6 Å². The predicted octanol–water partition coefficient (Wildman–Crippen LogP) is 5.22. The Kier molecular flexibility index (Phi) is 6.10. The molecular weight excluding hydrogens is 373 g/mol. The van der Waals surface area contributed by atoms with Crippen molar-refractivity contribution in [1.29, 1.82) is 5.26 Å². The van der Waals surface area contributed by atoms with Crippen molar-refractivity contribution in [3.05, 3.63) is 68.2 Å². The standard InChI is InChI=1S/C17H10Cl3NO3/c18-14-4-5-15(19)16(20)13(14)9-24-12-3-1-2-10(7-12)6-11(8-21)17(22)23/h1-7H,9H2,(H,22,23). The van der Waals surface area contributed by atoms with Gasteiger partial charge >= 0.3 is 5.97 Å². The zero-order valence-electron chi connectivity index (χ0n) is 12.1. The Morgan fingerprint density at radius 3 is 2.58 bits per heavy atom. The van der Waals surface area contributed by atoms with Crippen LogP contribution in [0.4, 0.5) is 0 Å². The van der Waals surface area contributed by atoms with Crippen molar-refractivity contribution in [1.82, 2.24) is 0 Å². The van der Waals surface area contributed by atoms with Crippen LogP contribution < -0.4 is 4.74 Å². The molecule has 0 heterocycles. The Balaban J connectivity index is 2.21. The molecule has 2 aromatic carbocycles. The molecule has 0 radical (unpaired) electrons. The van der Waals surface area contributed by atoms with Crippen LogP contribution in [0.5, 0.6) is 5.75 Å². The number of carboxylic acids is 1. The van der Waals surface area contributed by atoms with Gasteiger partial charge in [-0.2, -0.15) is 5.26 Å². The summed E-state index contributed by atoms with van der Waals surface area (Å²) in [5.41, 5.74) is 0.706. The first kappa shape index (κ1) is 18.2. The fourth-order valence-corrected chi connectivity index (χ4v) is 2.52. The first-order chi connectivity index (χ1) is 11.4. The number of carboxylic acid groups (broad SMARTS) is 1. The number of hydrogen-bond acceptors (Lipinski definition) is 3. The summed E-state index contributed by atoms with van der Waals surface area (Å²) in [6.07, 6.45) is 1.26. The molecule has 7 heteroatoms. The molecule has 0 amide bonds. The lowest BCUT2D eigenvalue weighted by Crippen LogP contribution is -1.99. The van der Waals surface area contributed by atoms with Crippen LogP contribution in [0, 0.1) is 11.3 Å². The molecule has 0 bridgehead atoms. The number of ether oxygens (including phenoxy) is 1. The minimum Gasteiger partial charge on any atom is -0.489 e. The van der Waals surface area contributed by atoms with Crippen molar-refractivity contribution in [3.63, 3.8) is 0 Å². The molecule has 0 fully saturated rings. The van der Waals surface area contributed by atoms with Gasteiger partial charge in [0.25, 0.3) is 0 Å².